The third kappa shape index (κ3) is 6.30. The van der Waals surface area contributed by atoms with E-state index in [2.05, 4.69) is 17.4 Å². The highest BCUT2D eigenvalue weighted by molar-refractivity contribution is 5.90. The number of carboxylic acid groups (broad SMARTS) is 1. The van der Waals surface area contributed by atoms with Gasteiger partial charge in [0.25, 0.3) is 0 Å². The summed E-state index contributed by atoms with van der Waals surface area (Å²) in [7, 11) is 0. The molecule has 1 atom stereocenters. The first-order chi connectivity index (χ1) is 19.8. The Bertz CT molecular complexity index is 1530. The maximum atomic E-state index is 12.7. The van der Waals surface area contributed by atoms with Gasteiger partial charge in [0, 0.05) is 12.3 Å². The van der Waals surface area contributed by atoms with Gasteiger partial charge in [0.05, 0.1) is 11.7 Å². The molecule has 1 aliphatic carbocycles. The monoisotopic (exact) mass is 549 g/mol. The standard InChI is InChI=1S/C34H31NO6/c1-21(2)41-33(38)24-16-14-23(15-17-24)25-9-7-8-22(18-25)19-31(32(36)37)35-34(39)40-20-30-28-12-5-3-10-26(28)27-11-4-6-13-29(27)30/h3-18,21,30-31H,19-20H2,1-2H3,(H,35,39)(H,36,37). The molecule has 0 heterocycles. The van der Waals surface area contributed by atoms with Gasteiger partial charge in [-0.15, -0.1) is 0 Å². The zero-order valence-corrected chi connectivity index (χ0v) is 22.9. The molecule has 5 rings (SSSR count). The van der Waals surface area contributed by atoms with Gasteiger partial charge in [-0.25, -0.2) is 14.4 Å². The topological polar surface area (TPSA) is 102 Å². The number of fused-ring (bicyclic) bond motifs is 3. The summed E-state index contributed by atoms with van der Waals surface area (Å²) >= 11 is 0. The summed E-state index contributed by atoms with van der Waals surface area (Å²) in [6.45, 7) is 3.69. The zero-order chi connectivity index (χ0) is 28.9. The van der Waals surface area contributed by atoms with Crippen LogP contribution >= 0.6 is 0 Å². The molecular formula is C34H31NO6. The maximum absolute atomic E-state index is 12.7. The summed E-state index contributed by atoms with van der Waals surface area (Å²) in [5, 5.41) is 12.4. The normalized spacial score (nSPS) is 12.8. The van der Waals surface area contributed by atoms with Crippen LogP contribution in [0.5, 0.6) is 0 Å². The minimum atomic E-state index is -1.17. The summed E-state index contributed by atoms with van der Waals surface area (Å²) in [5.74, 6) is -1.66. The van der Waals surface area contributed by atoms with Gasteiger partial charge in [-0.1, -0.05) is 84.9 Å². The molecule has 4 aromatic rings. The molecule has 208 valence electrons. The number of hydrogen-bond acceptors (Lipinski definition) is 5. The van der Waals surface area contributed by atoms with E-state index in [0.717, 1.165) is 38.9 Å². The van der Waals surface area contributed by atoms with Crippen molar-refractivity contribution in [2.45, 2.75) is 38.3 Å². The lowest BCUT2D eigenvalue weighted by Crippen LogP contribution is -2.42. The third-order valence-electron chi connectivity index (χ3n) is 7.10. The minimum absolute atomic E-state index is 0.0756. The summed E-state index contributed by atoms with van der Waals surface area (Å²) in [6.07, 6.45) is -0.908. The molecule has 0 aromatic heterocycles. The highest BCUT2D eigenvalue weighted by Gasteiger charge is 2.30. The first-order valence-corrected chi connectivity index (χ1v) is 13.5. The lowest BCUT2D eigenvalue weighted by atomic mass is 9.98. The highest BCUT2D eigenvalue weighted by Crippen LogP contribution is 2.44. The van der Waals surface area contributed by atoms with Crippen molar-refractivity contribution in [3.05, 3.63) is 119 Å². The first kappa shape index (κ1) is 27.6. The number of alkyl carbamates (subject to hydrolysis) is 1. The molecule has 7 heteroatoms. The van der Waals surface area contributed by atoms with E-state index in [1.165, 1.54) is 0 Å². The first-order valence-electron chi connectivity index (χ1n) is 13.5. The van der Waals surface area contributed by atoms with Crippen LogP contribution in [0.3, 0.4) is 0 Å². The van der Waals surface area contributed by atoms with Gasteiger partial charge in [-0.2, -0.15) is 0 Å². The average Bonchev–Trinajstić information content (AvgIpc) is 3.29. The molecule has 0 saturated carbocycles. The molecule has 0 radical (unpaired) electrons. The molecule has 1 unspecified atom stereocenters. The SMILES string of the molecule is CC(C)OC(=O)c1ccc(-c2cccc(CC(NC(=O)OCC3c4ccccc4-c4ccccc43)C(=O)O)c2)cc1. The Labute approximate surface area is 238 Å². The number of carbonyl (C=O) groups is 3. The van der Waals surface area contributed by atoms with Crippen LogP contribution in [0.4, 0.5) is 4.79 Å². The predicted molar refractivity (Wildman–Crippen MR) is 156 cm³/mol. The second-order valence-electron chi connectivity index (χ2n) is 10.3. The number of amides is 1. The zero-order valence-electron chi connectivity index (χ0n) is 22.9. The number of aliphatic carboxylic acids is 1. The van der Waals surface area contributed by atoms with Gasteiger partial charge >= 0.3 is 18.0 Å². The fourth-order valence-corrected chi connectivity index (χ4v) is 5.18. The molecule has 0 aliphatic heterocycles. The van der Waals surface area contributed by atoms with E-state index in [1.54, 1.807) is 26.0 Å². The van der Waals surface area contributed by atoms with Crippen LogP contribution in [0.25, 0.3) is 22.3 Å². The lowest BCUT2D eigenvalue weighted by molar-refractivity contribution is -0.139. The molecular weight excluding hydrogens is 518 g/mol. The van der Waals surface area contributed by atoms with Crippen molar-refractivity contribution >= 4 is 18.0 Å². The fraction of sp³-hybridized carbons (Fsp3) is 0.206. The van der Waals surface area contributed by atoms with Crippen LogP contribution in [-0.4, -0.2) is 41.9 Å². The number of rotatable bonds is 9. The largest absolute Gasteiger partial charge is 0.480 e. The van der Waals surface area contributed by atoms with E-state index in [4.69, 9.17) is 9.47 Å². The van der Waals surface area contributed by atoms with Crippen LogP contribution < -0.4 is 5.32 Å². The van der Waals surface area contributed by atoms with E-state index in [1.807, 2.05) is 72.8 Å². The quantitative estimate of drug-likeness (QED) is 0.233. The van der Waals surface area contributed by atoms with Crippen molar-refractivity contribution in [3.8, 4) is 22.3 Å². The van der Waals surface area contributed by atoms with Crippen molar-refractivity contribution in [1.82, 2.24) is 5.32 Å². The van der Waals surface area contributed by atoms with E-state index in [9.17, 15) is 19.5 Å². The number of esters is 1. The number of ether oxygens (including phenoxy) is 2. The fourth-order valence-electron chi connectivity index (χ4n) is 5.18. The number of hydrogen-bond donors (Lipinski definition) is 2. The molecule has 0 spiro atoms. The summed E-state index contributed by atoms with van der Waals surface area (Å²) < 4.78 is 10.8. The third-order valence-corrected chi connectivity index (χ3v) is 7.10. The molecule has 4 aromatic carbocycles. The Hall–Kier alpha value is -4.91. The van der Waals surface area contributed by atoms with Crippen molar-refractivity contribution in [3.63, 3.8) is 0 Å². The van der Waals surface area contributed by atoms with Crippen LogP contribution in [0.2, 0.25) is 0 Å². The summed E-state index contributed by atoms with van der Waals surface area (Å²) in [5.41, 5.74) is 7.31. The van der Waals surface area contributed by atoms with Gasteiger partial charge in [-0.3, -0.25) is 0 Å². The van der Waals surface area contributed by atoms with Gasteiger partial charge in [-0.05, 0) is 64.9 Å². The van der Waals surface area contributed by atoms with Crippen LogP contribution in [0.15, 0.2) is 97.1 Å². The minimum Gasteiger partial charge on any atom is -0.480 e. The van der Waals surface area contributed by atoms with Crippen molar-refractivity contribution in [1.29, 1.82) is 0 Å². The maximum Gasteiger partial charge on any atom is 0.407 e. The van der Waals surface area contributed by atoms with E-state index in [-0.39, 0.29) is 31.0 Å². The molecule has 0 fully saturated rings. The van der Waals surface area contributed by atoms with Crippen LogP contribution in [-0.2, 0) is 20.7 Å². The Kier molecular flexibility index (Phi) is 8.15. The van der Waals surface area contributed by atoms with Crippen molar-refractivity contribution in [2.75, 3.05) is 6.61 Å². The lowest BCUT2D eigenvalue weighted by Gasteiger charge is -2.18. The van der Waals surface area contributed by atoms with E-state index < -0.39 is 18.1 Å². The molecule has 1 aliphatic rings. The molecule has 1 amide bonds. The molecule has 7 nitrogen and oxygen atoms in total. The number of benzene rings is 4. The van der Waals surface area contributed by atoms with Gasteiger partial charge in [0.15, 0.2) is 0 Å². The Morgan fingerprint density at radius 1 is 0.805 bits per heavy atom. The van der Waals surface area contributed by atoms with Crippen LogP contribution in [0, 0.1) is 0 Å². The summed E-state index contributed by atoms with van der Waals surface area (Å²) in [6, 6.07) is 29.3. The number of carbonyl (C=O) groups excluding carboxylic acids is 2. The molecule has 2 N–H and O–H groups in total. The average molecular weight is 550 g/mol. The molecule has 0 bridgehead atoms. The molecule has 41 heavy (non-hydrogen) atoms. The second-order valence-corrected chi connectivity index (χ2v) is 10.3. The summed E-state index contributed by atoms with van der Waals surface area (Å²) in [4.78, 5) is 36.9. The van der Waals surface area contributed by atoms with Gasteiger partial charge < -0.3 is 19.9 Å². The number of carboxylic acids is 1. The van der Waals surface area contributed by atoms with E-state index >= 15 is 0 Å². The number of nitrogens with one attached hydrogen (secondary N) is 1. The molecule has 0 saturated heterocycles. The van der Waals surface area contributed by atoms with Gasteiger partial charge in [0.1, 0.15) is 12.6 Å². The Balaban J connectivity index is 1.23. The Morgan fingerprint density at radius 2 is 1.44 bits per heavy atom. The predicted octanol–water partition coefficient (Wildman–Crippen LogP) is 6.45. The Morgan fingerprint density at radius 3 is 2.05 bits per heavy atom. The van der Waals surface area contributed by atoms with Crippen molar-refractivity contribution in [2.24, 2.45) is 0 Å². The second kappa shape index (κ2) is 12.1. The van der Waals surface area contributed by atoms with Crippen molar-refractivity contribution < 1.29 is 29.0 Å². The van der Waals surface area contributed by atoms with E-state index in [0.29, 0.717) is 5.56 Å². The smallest absolute Gasteiger partial charge is 0.407 e. The highest BCUT2D eigenvalue weighted by atomic mass is 16.6. The van der Waals surface area contributed by atoms with Gasteiger partial charge in [0.2, 0.25) is 0 Å². The van der Waals surface area contributed by atoms with Crippen LogP contribution in [0.1, 0.15) is 46.8 Å².